The molecule has 0 aliphatic heterocycles. The van der Waals surface area contributed by atoms with Crippen LogP contribution in [-0.2, 0) is 0 Å². The van der Waals surface area contributed by atoms with E-state index in [1.165, 1.54) is 12.1 Å². The monoisotopic (exact) mass is 324 g/mol. The fourth-order valence-corrected chi connectivity index (χ4v) is 2.20. The van der Waals surface area contributed by atoms with Crippen LogP contribution in [0.2, 0.25) is 5.02 Å². The van der Waals surface area contributed by atoms with Crippen molar-refractivity contribution >= 4 is 40.2 Å². The molecule has 3 N–H and O–H groups in total. The number of aryl methyl sites for hydroxylation is 1. The zero-order valence-electron chi connectivity index (χ0n) is 11.5. The highest BCUT2D eigenvalue weighted by atomic mass is 35.5. The number of benzene rings is 2. The maximum absolute atomic E-state index is 13.9. The number of thiocarbonyl (C=S) groups is 1. The molecule has 0 unspecified atom stereocenters. The molecular formula is C15H14ClFN2OS. The smallest absolute Gasteiger partial charge is 0.143 e. The van der Waals surface area contributed by atoms with Crippen molar-refractivity contribution < 1.29 is 9.13 Å². The summed E-state index contributed by atoms with van der Waals surface area (Å²) in [5.74, 6) is 0.0987. The summed E-state index contributed by atoms with van der Waals surface area (Å²) in [4.78, 5) is 0.0268. The van der Waals surface area contributed by atoms with Crippen molar-refractivity contribution in [2.75, 3.05) is 12.4 Å². The normalized spacial score (nSPS) is 10.3. The molecule has 0 atom stereocenters. The first-order valence-corrected chi connectivity index (χ1v) is 6.91. The van der Waals surface area contributed by atoms with Gasteiger partial charge in [0, 0.05) is 22.3 Å². The van der Waals surface area contributed by atoms with Gasteiger partial charge in [-0.15, -0.1) is 0 Å². The summed E-state index contributed by atoms with van der Waals surface area (Å²) >= 11 is 10.8. The van der Waals surface area contributed by atoms with Crippen molar-refractivity contribution in [1.29, 1.82) is 0 Å². The van der Waals surface area contributed by atoms with Gasteiger partial charge in [-0.3, -0.25) is 0 Å². The second-order valence-corrected chi connectivity index (χ2v) is 5.33. The Morgan fingerprint density at radius 2 is 2.05 bits per heavy atom. The van der Waals surface area contributed by atoms with Gasteiger partial charge in [0.15, 0.2) is 0 Å². The molecule has 6 heteroatoms. The van der Waals surface area contributed by atoms with Gasteiger partial charge >= 0.3 is 0 Å². The highest BCUT2D eigenvalue weighted by Crippen LogP contribution is 2.33. The van der Waals surface area contributed by atoms with E-state index in [1.807, 2.05) is 13.0 Å². The lowest BCUT2D eigenvalue weighted by Crippen LogP contribution is -2.11. The minimum atomic E-state index is -0.475. The highest BCUT2D eigenvalue weighted by molar-refractivity contribution is 7.80. The lowest BCUT2D eigenvalue weighted by atomic mass is 10.1. The molecule has 2 rings (SSSR count). The first-order chi connectivity index (χ1) is 9.92. The van der Waals surface area contributed by atoms with Crippen molar-refractivity contribution in [2.24, 2.45) is 5.73 Å². The van der Waals surface area contributed by atoms with Crippen LogP contribution in [0.3, 0.4) is 0 Å². The zero-order valence-corrected chi connectivity index (χ0v) is 13.1. The molecule has 0 aliphatic rings. The number of halogens is 2. The van der Waals surface area contributed by atoms with Crippen LogP contribution >= 0.6 is 23.8 Å². The molecule has 0 fully saturated rings. The largest absolute Gasteiger partial charge is 0.495 e. The van der Waals surface area contributed by atoms with E-state index >= 15 is 0 Å². The Morgan fingerprint density at radius 3 is 2.62 bits per heavy atom. The van der Waals surface area contributed by atoms with E-state index in [4.69, 9.17) is 34.3 Å². The van der Waals surface area contributed by atoms with Gasteiger partial charge in [0.2, 0.25) is 0 Å². The average molecular weight is 325 g/mol. The summed E-state index contributed by atoms with van der Waals surface area (Å²) in [7, 11) is 1.54. The summed E-state index contributed by atoms with van der Waals surface area (Å²) in [5, 5.41) is 3.69. The van der Waals surface area contributed by atoms with Crippen molar-refractivity contribution in [3.8, 4) is 5.75 Å². The summed E-state index contributed by atoms with van der Waals surface area (Å²) in [6.07, 6.45) is 0. The van der Waals surface area contributed by atoms with Crippen LogP contribution in [0.5, 0.6) is 5.75 Å². The summed E-state index contributed by atoms with van der Waals surface area (Å²) in [6, 6.07) is 8.10. The first kappa shape index (κ1) is 15.5. The molecule has 0 aromatic heterocycles. The summed E-state index contributed by atoms with van der Waals surface area (Å²) in [6.45, 7) is 1.88. The number of hydrogen-bond donors (Lipinski definition) is 2. The fraction of sp³-hybridized carbons (Fsp3) is 0.133. The third-order valence-corrected chi connectivity index (χ3v) is 3.62. The second kappa shape index (κ2) is 6.28. The minimum Gasteiger partial charge on any atom is -0.495 e. The number of rotatable bonds is 4. The highest BCUT2D eigenvalue weighted by Gasteiger charge is 2.10. The first-order valence-electron chi connectivity index (χ1n) is 6.13. The molecule has 0 spiro atoms. The van der Waals surface area contributed by atoms with Crippen molar-refractivity contribution in [3.63, 3.8) is 0 Å². The number of hydrogen-bond acceptors (Lipinski definition) is 3. The van der Waals surface area contributed by atoms with E-state index in [0.717, 1.165) is 5.56 Å². The third-order valence-electron chi connectivity index (χ3n) is 2.99. The number of methoxy groups -OCH3 is 1. The molecule has 3 nitrogen and oxygen atoms in total. The Hall–Kier alpha value is -1.85. The van der Waals surface area contributed by atoms with Crippen LogP contribution in [0, 0.1) is 12.7 Å². The zero-order chi connectivity index (χ0) is 15.6. The number of ether oxygens (including phenoxy) is 1. The maximum Gasteiger partial charge on any atom is 0.143 e. The van der Waals surface area contributed by atoms with Crippen molar-refractivity contribution in [1.82, 2.24) is 0 Å². The topological polar surface area (TPSA) is 47.3 Å². The van der Waals surface area contributed by atoms with E-state index in [9.17, 15) is 4.39 Å². The number of nitrogens with two attached hydrogens (primary N) is 1. The Kier molecular flexibility index (Phi) is 4.65. The van der Waals surface area contributed by atoms with Crippen LogP contribution in [0.4, 0.5) is 15.8 Å². The van der Waals surface area contributed by atoms with E-state index < -0.39 is 5.82 Å². The third kappa shape index (κ3) is 3.43. The van der Waals surface area contributed by atoms with Gasteiger partial charge in [0.25, 0.3) is 0 Å². The molecule has 0 saturated heterocycles. The lowest BCUT2D eigenvalue weighted by Gasteiger charge is -2.14. The van der Waals surface area contributed by atoms with Gasteiger partial charge in [-0.25, -0.2) is 4.39 Å². The summed E-state index contributed by atoms with van der Waals surface area (Å²) in [5.41, 5.74) is 7.80. The Labute approximate surface area is 132 Å². The Bertz CT molecular complexity index is 706. The quantitative estimate of drug-likeness (QED) is 0.828. The summed E-state index contributed by atoms with van der Waals surface area (Å²) < 4.78 is 19.1. The minimum absolute atomic E-state index is 0.0268. The van der Waals surface area contributed by atoms with Gasteiger partial charge < -0.3 is 15.8 Å². The molecule has 0 amide bonds. The van der Waals surface area contributed by atoms with E-state index in [2.05, 4.69) is 5.32 Å². The van der Waals surface area contributed by atoms with Crippen molar-refractivity contribution in [2.45, 2.75) is 6.92 Å². The van der Waals surface area contributed by atoms with Gasteiger partial charge in [-0.2, -0.15) is 0 Å². The number of nitrogens with one attached hydrogen (secondary N) is 1. The van der Waals surface area contributed by atoms with Crippen LogP contribution in [0.15, 0.2) is 30.3 Å². The van der Waals surface area contributed by atoms with Crippen LogP contribution in [0.25, 0.3) is 0 Å². The molecule has 0 heterocycles. The average Bonchev–Trinajstić information content (AvgIpc) is 2.42. The Balaban J connectivity index is 2.36. The van der Waals surface area contributed by atoms with Gasteiger partial charge in [0.05, 0.1) is 12.8 Å². The predicted octanol–water partition coefficient (Wildman–Crippen LogP) is 4.17. The van der Waals surface area contributed by atoms with E-state index in [0.29, 0.717) is 22.1 Å². The van der Waals surface area contributed by atoms with Crippen molar-refractivity contribution in [3.05, 3.63) is 52.3 Å². The molecule has 0 saturated carbocycles. The standard InChI is InChI=1S/C15H14ClFN2OS/c1-8-5-13(14(20-2)7-11(8)16)19-9-3-4-10(15(18)21)12(17)6-9/h3-7,19H,1-2H3,(H2,18,21). The molecule has 2 aromatic carbocycles. The lowest BCUT2D eigenvalue weighted by molar-refractivity contribution is 0.417. The van der Waals surface area contributed by atoms with Gasteiger partial charge in [-0.05, 0) is 36.8 Å². The van der Waals surface area contributed by atoms with Crippen LogP contribution in [0.1, 0.15) is 11.1 Å². The molecular weight excluding hydrogens is 311 g/mol. The maximum atomic E-state index is 13.9. The molecule has 0 radical (unpaired) electrons. The molecule has 21 heavy (non-hydrogen) atoms. The molecule has 2 aromatic rings. The Morgan fingerprint density at radius 1 is 1.33 bits per heavy atom. The fourth-order valence-electron chi connectivity index (χ4n) is 1.88. The van der Waals surface area contributed by atoms with Crippen LogP contribution < -0.4 is 15.8 Å². The molecule has 0 bridgehead atoms. The second-order valence-electron chi connectivity index (χ2n) is 4.49. The SMILES string of the molecule is COc1cc(Cl)c(C)cc1Nc1ccc(C(N)=S)c(F)c1. The number of anilines is 2. The molecule has 0 aliphatic carbocycles. The van der Waals surface area contributed by atoms with E-state index in [1.54, 1.807) is 19.2 Å². The molecule has 110 valence electrons. The van der Waals surface area contributed by atoms with E-state index in [-0.39, 0.29) is 10.6 Å². The van der Waals surface area contributed by atoms with Gasteiger partial charge in [0.1, 0.15) is 16.6 Å². The van der Waals surface area contributed by atoms with Gasteiger partial charge in [-0.1, -0.05) is 23.8 Å². The predicted molar refractivity (Wildman–Crippen MR) is 88.3 cm³/mol. The van der Waals surface area contributed by atoms with Crippen LogP contribution in [-0.4, -0.2) is 12.1 Å².